The van der Waals surface area contributed by atoms with Gasteiger partial charge in [0.15, 0.2) is 6.61 Å². The van der Waals surface area contributed by atoms with Gasteiger partial charge in [0.05, 0.1) is 12.1 Å². The third-order valence-electron chi connectivity index (χ3n) is 4.61. The average molecular weight is 417 g/mol. The molecule has 1 amide bonds. The summed E-state index contributed by atoms with van der Waals surface area (Å²) in [5.74, 6) is -0.406. The largest absolute Gasteiger partial charge is 0.482 e. The zero-order valence-electron chi connectivity index (χ0n) is 16.5. The molecule has 154 valence electrons. The van der Waals surface area contributed by atoms with Crippen LogP contribution in [-0.4, -0.2) is 44.4 Å². The summed E-state index contributed by atoms with van der Waals surface area (Å²) in [4.78, 5) is 24.3. The molecule has 1 aliphatic rings. The Morgan fingerprint density at radius 2 is 1.86 bits per heavy atom. The van der Waals surface area contributed by atoms with E-state index >= 15 is 0 Å². The Morgan fingerprint density at radius 1 is 1.14 bits per heavy atom. The number of esters is 1. The van der Waals surface area contributed by atoms with Crippen molar-refractivity contribution in [2.24, 2.45) is 0 Å². The average Bonchev–Trinajstić information content (AvgIpc) is 2.87. The standard InChI is InChI=1S/C21H23NO6S/c1-14(2)16-9-8-15(3)12-18(16)28-13-20(23)27-11-10-22-21(24)17-6-4-5-7-19(17)29(22,25)26/h4-9,12,14H,10-11,13H2,1-3H3. The SMILES string of the molecule is Cc1ccc(C(C)C)c(OCC(=O)OCCN2C(=O)c3ccccc3S2(=O)=O)c1. The second-order valence-electron chi connectivity index (χ2n) is 7.08. The van der Waals surface area contributed by atoms with Crippen LogP contribution in [0.2, 0.25) is 0 Å². The molecule has 0 saturated carbocycles. The Kier molecular flexibility index (Phi) is 5.93. The summed E-state index contributed by atoms with van der Waals surface area (Å²) in [7, 11) is -3.91. The fourth-order valence-electron chi connectivity index (χ4n) is 3.12. The smallest absolute Gasteiger partial charge is 0.344 e. The van der Waals surface area contributed by atoms with Gasteiger partial charge in [0.2, 0.25) is 0 Å². The molecule has 3 rings (SSSR count). The number of hydrogen-bond donors (Lipinski definition) is 0. The van der Waals surface area contributed by atoms with E-state index in [0.717, 1.165) is 15.4 Å². The van der Waals surface area contributed by atoms with E-state index in [1.165, 1.54) is 12.1 Å². The third kappa shape index (κ3) is 4.27. The van der Waals surface area contributed by atoms with E-state index in [4.69, 9.17) is 9.47 Å². The molecule has 0 saturated heterocycles. The molecule has 1 aliphatic heterocycles. The first-order valence-corrected chi connectivity index (χ1v) is 10.7. The van der Waals surface area contributed by atoms with Gasteiger partial charge in [-0.05, 0) is 42.2 Å². The fourth-order valence-corrected chi connectivity index (χ4v) is 4.67. The molecule has 0 radical (unpaired) electrons. The van der Waals surface area contributed by atoms with Crippen LogP contribution in [-0.2, 0) is 19.6 Å². The molecule has 2 aromatic rings. The van der Waals surface area contributed by atoms with Gasteiger partial charge in [-0.1, -0.05) is 38.1 Å². The van der Waals surface area contributed by atoms with Crippen LogP contribution in [0.4, 0.5) is 0 Å². The highest BCUT2D eigenvalue weighted by Crippen LogP contribution is 2.29. The molecule has 7 nitrogen and oxygen atoms in total. The van der Waals surface area contributed by atoms with E-state index in [2.05, 4.69) is 0 Å². The predicted octanol–water partition coefficient (Wildman–Crippen LogP) is 2.89. The van der Waals surface area contributed by atoms with E-state index in [1.54, 1.807) is 12.1 Å². The summed E-state index contributed by atoms with van der Waals surface area (Å²) >= 11 is 0. The van der Waals surface area contributed by atoms with Crippen molar-refractivity contribution in [2.45, 2.75) is 31.6 Å². The van der Waals surface area contributed by atoms with Crippen LogP contribution in [0.3, 0.4) is 0 Å². The zero-order valence-corrected chi connectivity index (χ0v) is 17.4. The van der Waals surface area contributed by atoms with Gasteiger partial charge in [-0.25, -0.2) is 17.5 Å². The lowest BCUT2D eigenvalue weighted by Crippen LogP contribution is -2.34. The minimum Gasteiger partial charge on any atom is -0.482 e. The van der Waals surface area contributed by atoms with Crippen molar-refractivity contribution in [3.8, 4) is 5.75 Å². The molecule has 0 aromatic heterocycles. The van der Waals surface area contributed by atoms with Crippen LogP contribution >= 0.6 is 0 Å². The minimum absolute atomic E-state index is 0.0275. The van der Waals surface area contributed by atoms with Crippen molar-refractivity contribution < 1.29 is 27.5 Å². The van der Waals surface area contributed by atoms with Gasteiger partial charge >= 0.3 is 5.97 Å². The van der Waals surface area contributed by atoms with Crippen LogP contribution < -0.4 is 4.74 Å². The van der Waals surface area contributed by atoms with E-state index in [9.17, 15) is 18.0 Å². The van der Waals surface area contributed by atoms with Crippen molar-refractivity contribution >= 4 is 21.9 Å². The van der Waals surface area contributed by atoms with Crippen molar-refractivity contribution in [1.82, 2.24) is 4.31 Å². The summed E-state index contributed by atoms with van der Waals surface area (Å²) in [6.45, 7) is 5.20. The summed E-state index contributed by atoms with van der Waals surface area (Å²) in [5.41, 5.74) is 2.12. The van der Waals surface area contributed by atoms with E-state index < -0.39 is 21.9 Å². The number of hydrogen-bond acceptors (Lipinski definition) is 6. The Bertz CT molecular complexity index is 1040. The summed E-state index contributed by atoms with van der Waals surface area (Å²) in [6.07, 6.45) is 0. The maximum absolute atomic E-state index is 12.5. The van der Waals surface area contributed by atoms with Crippen LogP contribution in [0.15, 0.2) is 47.4 Å². The number of benzene rings is 2. The quantitative estimate of drug-likeness (QED) is 0.644. The zero-order chi connectivity index (χ0) is 21.2. The Hall–Kier alpha value is -2.87. The van der Waals surface area contributed by atoms with Gasteiger partial charge in [0.1, 0.15) is 17.3 Å². The molecular formula is C21H23NO6S. The first-order chi connectivity index (χ1) is 13.7. The number of amides is 1. The van der Waals surface area contributed by atoms with E-state index in [0.29, 0.717) is 5.75 Å². The molecule has 0 bridgehead atoms. The Balaban J connectivity index is 1.55. The molecule has 0 N–H and O–H groups in total. The lowest BCUT2D eigenvalue weighted by molar-refractivity contribution is -0.146. The summed E-state index contributed by atoms with van der Waals surface area (Å²) in [5, 5.41) is 0. The molecule has 29 heavy (non-hydrogen) atoms. The highest BCUT2D eigenvalue weighted by Gasteiger charge is 2.40. The minimum atomic E-state index is -3.91. The van der Waals surface area contributed by atoms with Crippen LogP contribution in [0, 0.1) is 6.92 Å². The van der Waals surface area contributed by atoms with Crippen LogP contribution in [0.5, 0.6) is 5.75 Å². The van der Waals surface area contributed by atoms with Crippen LogP contribution in [0.25, 0.3) is 0 Å². The molecular weight excluding hydrogens is 394 g/mol. The number of nitrogens with zero attached hydrogens (tertiary/aromatic N) is 1. The second kappa shape index (κ2) is 8.24. The van der Waals surface area contributed by atoms with Gasteiger partial charge in [0.25, 0.3) is 15.9 Å². The molecule has 8 heteroatoms. The number of ether oxygens (including phenoxy) is 2. The molecule has 0 unspecified atom stereocenters. The summed E-state index contributed by atoms with van der Waals surface area (Å²) < 4.78 is 36.3. The number of rotatable bonds is 7. The lowest BCUT2D eigenvalue weighted by atomic mass is 10.0. The third-order valence-corrected chi connectivity index (χ3v) is 6.45. The molecule has 1 heterocycles. The number of carbonyl (C=O) groups is 2. The van der Waals surface area contributed by atoms with Gasteiger partial charge < -0.3 is 9.47 Å². The van der Waals surface area contributed by atoms with Gasteiger partial charge in [-0.2, -0.15) is 0 Å². The highest BCUT2D eigenvalue weighted by atomic mass is 32.2. The topological polar surface area (TPSA) is 90.0 Å². The maximum Gasteiger partial charge on any atom is 0.344 e. The van der Waals surface area contributed by atoms with Crippen molar-refractivity contribution in [3.05, 3.63) is 59.2 Å². The number of fused-ring (bicyclic) bond motifs is 1. The molecule has 0 atom stereocenters. The van der Waals surface area contributed by atoms with Gasteiger partial charge in [0, 0.05) is 0 Å². The Labute approximate surface area is 170 Å². The lowest BCUT2D eigenvalue weighted by Gasteiger charge is -2.16. The van der Waals surface area contributed by atoms with Crippen molar-refractivity contribution in [1.29, 1.82) is 0 Å². The van der Waals surface area contributed by atoms with Crippen molar-refractivity contribution in [3.63, 3.8) is 0 Å². The Morgan fingerprint density at radius 3 is 2.55 bits per heavy atom. The molecule has 2 aromatic carbocycles. The highest BCUT2D eigenvalue weighted by molar-refractivity contribution is 7.90. The van der Waals surface area contributed by atoms with E-state index in [-0.39, 0.29) is 36.1 Å². The maximum atomic E-state index is 12.5. The predicted molar refractivity (Wildman–Crippen MR) is 106 cm³/mol. The van der Waals surface area contributed by atoms with Gasteiger partial charge in [-0.15, -0.1) is 0 Å². The normalized spacial score (nSPS) is 14.8. The molecule has 0 spiro atoms. The fraction of sp³-hybridized carbons (Fsp3) is 0.333. The number of sulfonamides is 1. The first kappa shape index (κ1) is 20.9. The second-order valence-corrected chi connectivity index (χ2v) is 8.91. The summed E-state index contributed by atoms with van der Waals surface area (Å²) in [6, 6.07) is 11.8. The first-order valence-electron chi connectivity index (χ1n) is 9.27. The number of aryl methyl sites for hydroxylation is 1. The van der Waals surface area contributed by atoms with Crippen LogP contribution in [0.1, 0.15) is 41.3 Å². The van der Waals surface area contributed by atoms with E-state index in [1.807, 2.05) is 39.0 Å². The van der Waals surface area contributed by atoms with Crippen molar-refractivity contribution in [2.75, 3.05) is 19.8 Å². The molecule has 0 fully saturated rings. The monoisotopic (exact) mass is 417 g/mol. The van der Waals surface area contributed by atoms with Gasteiger partial charge in [-0.3, -0.25) is 4.79 Å². The number of carbonyl (C=O) groups excluding carboxylic acids is 2. The molecule has 0 aliphatic carbocycles.